The Morgan fingerprint density at radius 3 is 2.58 bits per heavy atom. The molecule has 0 N–H and O–H groups in total. The lowest BCUT2D eigenvalue weighted by Gasteiger charge is -2.44. The number of fused-ring (bicyclic) bond motifs is 2. The molecular weight excluding hydrogens is 324 g/mol. The Kier molecular flexibility index (Phi) is 5.07. The number of likely N-dealkylation sites (tertiary alicyclic amines) is 1. The summed E-state index contributed by atoms with van der Waals surface area (Å²) in [4.78, 5) is 16.8. The highest BCUT2D eigenvalue weighted by atomic mass is 16.5. The van der Waals surface area contributed by atoms with Gasteiger partial charge in [-0.2, -0.15) is 0 Å². The molecule has 1 aromatic rings. The first kappa shape index (κ1) is 18.0. The van der Waals surface area contributed by atoms with E-state index >= 15 is 0 Å². The lowest BCUT2D eigenvalue weighted by Crippen LogP contribution is -2.48. The summed E-state index contributed by atoms with van der Waals surface area (Å²) in [5.74, 6) is 0.636. The summed E-state index contributed by atoms with van der Waals surface area (Å²) in [5, 5.41) is 0. The lowest BCUT2D eigenvalue weighted by molar-refractivity contribution is -0.129. The molecule has 2 fully saturated rings. The standard InChI is InChI=1S/C22H32N2O2/c1-23(2)21(25)15-17-16-22(20-6-4-3-5-19(17)20)9-11-24(12-10-22)18-7-13-26-14-8-18/h3-6,17-18H,7-16H2,1-2H3/t17-/m1/s1. The van der Waals surface area contributed by atoms with Gasteiger partial charge in [-0.15, -0.1) is 0 Å². The Bertz CT molecular complexity index is 643. The van der Waals surface area contributed by atoms with Gasteiger partial charge in [0.1, 0.15) is 0 Å². The second-order valence-electron chi connectivity index (χ2n) is 8.64. The molecule has 2 saturated heterocycles. The number of hydrogen-bond acceptors (Lipinski definition) is 3. The molecule has 2 heterocycles. The van der Waals surface area contributed by atoms with E-state index in [0.29, 0.717) is 18.4 Å². The zero-order chi connectivity index (χ0) is 18.1. The fourth-order valence-corrected chi connectivity index (χ4v) is 5.44. The molecular formula is C22H32N2O2. The topological polar surface area (TPSA) is 32.8 Å². The summed E-state index contributed by atoms with van der Waals surface area (Å²) >= 11 is 0. The van der Waals surface area contributed by atoms with Crippen LogP contribution in [0.1, 0.15) is 55.6 Å². The van der Waals surface area contributed by atoms with E-state index in [2.05, 4.69) is 29.2 Å². The number of rotatable bonds is 3. The van der Waals surface area contributed by atoms with E-state index in [4.69, 9.17) is 4.74 Å². The minimum atomic E-state index is 0.251. The van der Waals surface area contributed by atoms with Crippen molar-refractivity contribution in [3.05, 3.63) is 35.4 Å². The van der Waals surface area contributed by atoms with E-state index in [1.54, 1.807) is 4.90 Å². The van der Waals surface area contributed by atoms with Crippen LogP contribution in [0.4, 0.5) is 0 Å². The van der Waals surface area contributed by atoms with Crippen LogP contribution >= 0.6 is 0 Å². The van der Waals surface area contributed by atoms with E-state index < -0.39 is 0 Å². The quantitative estimate of drug-likeness (QED) is 0.834. The Balaban J connectivity index is 1.49. The van der Waals surface area contributed by atoms with Crippen molar-refractivity contribution < 1.29 is 9.53 Å². The smallest absolute Gasteiger partial charge is 0.222 e. The normalized spacial score (nSPS) is 26.0. The molecule has 0 radical (unpaired) electrons. The van der Waals surface area contributed by atoms with Crippen molar-refractivity contribution in [1.82, 2.24) is 9.80 Å². The van der Waals surface area contributed by atoms with Crippen LogP contribution in [0.2, 0.25) is 0 Å². The molecule has 4 rings (SSSR count). The summed E-state index contributed by atoms with van der Waals surface area (Å²) in [5.41, 5.74) is 3.25. The molecule has 1 aliphatic carbocycles. The number of carbonyl (C=O) groups is 1. The first-order chi connectivity index (χ1) is 12.6. The fourth-order valence-electron chi connectivity index (χ4n) is 5.44. The monoisotopic (exact) mass is 356 g/mol. The van der Waals surface area contributed by atoms with Crippen LogP contribution in [0.3, 0.4) is 0 Å². The van der Waals surface area contributed by atoms with Crippen molar-refractivity contribution in [2.75, 3.05) is 40.4 Å². The number of carbonyl (C=O) groups excluding carboxylic acids is 1. The molecule has 3 aliphatic rings. The Hall–Kier alpha value is -1.39. The molecule has 1 spiro atoms. The van der Waals surface area contributed by atoms with Crippen LogP contribution in [0.25, 0.3) is 0 Å². The average molecular weight is 357 g/mol. The van der Waals surface area contributed by atoms with Gasteiger partial charge in [0.2, 0.25) is 5.91 Å². The summed E-state index contributed by atoms with van der Waals surface area (Å²) in [6.45, 7) is 4.22. The number of hydrogen-bond donors (Lipinski definition) is 0. The van der Waals surface area contributed by atoms with Crippen molar-refractivity contribution in [1.29, 1.82) is 0 Å². The predicted molar refractivity (Wildman–Crippen MR) is 103 cm³/mol. The molecule has 0 saturated carbocycles. The van der Waals surface area contributed by atoms with E-state index in [1.165, 1.54) is 49.9 Å². The van der Waals surface area contributed by atoms with Crippen molar-refractivity contribution >= 4 is 5.91 Å². The molecule has 1 amide bonds. The highest BCUT2D eigenvalue weighted by molar-refractivity contribution is 5.77. The molecule has 4 heteroatoms. The number of amides is 1. The molecule has 0 unspecified atom stereocenters. The number of piperidine rings is 1. The van der Waals surface area contributed by atoms with Gasteiger partial charge in [0.15, 0.2) is 0 Å². The van der Waals surface area contributed by atoms with Gasteiger partial charge in [-0.1, -0.05) is 24.3 Å². The molecule has 1 atom stereocenters. The van der Waals surface area contributed by atoms with Gasteiger partial charge in [0.25, 0.3) is 0 Å². The predicted octanol–water partition coefficient (Wildman–Crippen LogP) is 3.16. The number of nitrogens with zero attached hydrogens (tertiary/aromatic N) is 2. The van der Waals surface area contributed by atoms with Crippen LogP contribution in [-0.2, 0) is 14.9 Å². The maximum absolute atomic E-state index is 12.3. The molecule has 26 heavy (non-hydrogen) atoms. The van der Waals surface area contributed by atoms with Crippen molar-refractivity contribution in [2.45, 2.75) is 55.9 Å². The van der Waals surface area contributed by atoms with Gasteiger partial charge in [-0.3, -0.25) is 4.79 Å². The largest absolute Gasteiger partial charge is 0.381 e. The highest BCUT2D eigenvalue weighted by Crippen LogP contribution is 2.53. The molecule has 4 nitrogen and oxygen atoms in total. The third-order valence-corrected chi connectivity index (χ3v) is 6.99. The second-order valence-corrected chi connectivity index (χ2v) is 8.64. The summed E-state index contributed by atoms with van der Waals surface area (Å²) in [6, 6.07) is 9.63. The van der Waals surface area contributed by atoms with Crippen LogP contribution in [0, 0.1) is 0 Å². The third kappa shape index (κ3) is 3.29. The third-order valence-electron chi connectivity index (χ3n) is 6.99. The first-order valence-corrected chi connectivity index (χ1v) is 10.2. The maximum atomic E-state index is 12.3. The Morgan fingerprint density at radius 1 is 1.19 bits per heavy atom. The zero-order valence-corrected chi connectivity index (χ0v) is 16.2. The van der Waals surface area contributed by atoms with Crippen LogP contribution in [0.15, 0.2) is 24.3 Å². The van der Waals surface area contributed by atoms with E-state index in [0.717, 1.165) is 19.6 Å². The minimum Gasteiger partial charge on any atom is -0.381 e. The van der Waals surface area contributed by atoms with Crippen molar-refractivity contribution in [3.8, 4) is 0 Å². The molecule has 0 aromatic heterocycles. The molecule has 0 bridgehead atoms. The van der Waals surface area contributed by atoms with Gasteiger partial charge >= 0.3 is 0 Å². The maximum Gasteiger partial charge on any atom is 0.222 e. The highest BCUT2D eigenvalue weighted by Gasteiger charge is 2.46. The molecule has 2 aliphatic heterocycles. The number of ether oxygens (including phenoxy) is 1. The van der Waals surface area contributed by atoms with E-state index in [-0.39, 0.29) is 11.3 Å². The Morgan fingerprint density at radius 2 is 1.88 bits per heavy atom. The van der Waals surface area contributed by atoms with Gasteiger partial charge in [0, 0.05) is 39.8 Å². The number of benzene rings is 1. The van der Waals surface area contributed by atoms with Crippen LogP contribution in [-0.4, -0.2) is 62.1 Å². The molecule has 142 valence electrons. The van der Waals surface area contributed by atoms with E-state index in [9.17, 15) is 4.79 Å². The minimum absolute atomic E-state index is 0.251. The Labute approximate surface area is 157 Å². The SMILES string of the molecule is CN(C)C(=O)C[C@@H]1CC2(CCN(C3CCOCC3)CC2)c2ccccc21. The lowest BCUT2D eigenvalue weighted by atomic mass is 9.73. The van der Waals surface area contributed by atoms with Gasteiger partial charge in [0.05, 0.1) is 0 Å². The van der Waals surface area contributed by atoms with Gasteiger partial charge in [-0.25, -0.2) is 0 Å². The second kappa shape index (κ2) is 7.32. The first-order valence-electron chi connectivity index (χ1n) is 10.2. The van der Waals surface area contributed by atoms with Crippen molar-refractivity contribution in [3.63, 3.8) is 0 Å². The summed E-state index contributed by atoms with van der Waals surface area (Å²) in [7, 11) is 3.73. The fraction of sp³-hybridized carbons (Fsp3) is 0.682. The van der Waals surface area contributed by atoms with Crippen molar-refractivity contribution in [2.24, 2.45) is 0 Å². The van der Waals surface area contributed by atoms with Gasteiger partial charge < -0.3 is 14.5 Å². The van der Waals surface area contributed by atoms with Crippen LogP contribution < -0.4 is 0 Å². The van der Waals surface area contributed by atoms with E-state index in [1.807, 2.05) is 14.1 Å². The summed E-state index contributed by atoms with van der Waals surface area (Å²) < 4.78 is 5.54. The van der Waals surface area contributed by atoms with Crippen LogP contribution in [0.5, 0.6) is 0 Å². The summed E-state index contributed by atoms with van der Waals surface area (Å²) in [6.07, 6.45) is 6.62. The zero-order valence-electron chi connectivity index (χ0n) is 16.2. The van der Waals surface area contributed by atoms with Gasteiger partial charge in [-0.05, 0) is 67.7 Å². The molecule has 1 aromatic carbocycles. The average Bonchev–Trinajstić information content (AvgIpc) is 2.96.